The maximum atomic E-state index is 12.4. The lowest BCUT2D eigenvalue weighted by atomic mass is 10.1. The predicted molar refractivity (Wildman–Crippen MR) is 72.3 cm³/mol. The molecule has 0 aliphatic heterocycles. The van der Waals surface area contributed by atoms with E-state index in [-0.39, 0.29) is 5.78 Å². The lowest BCUT2D eigenvalue weighted by Crippen LogP contribution is -2.04. The Morgan fingerprint density at radius 1 is 1.22 bits per heavy atom. The molecule has 0 unspecified atom stereocenters. The van der Waals surface area contributed by atoms with Crippen molar-refractivity contribution in [2.45, 2.75) is 0 Å². The molecule has 0 radical (unpaired) electrons. The second-order valence-corrected chi connectivity index (χ2v) is 4.79. The molecule has 94 valence electrons. The Labute approximate surface area is 114 Å². The van der Waals surface area contributed by atoms with Gasteiger partial charge in [0.15, 0.2) is 11.5 Å². The minimum absolute atomic E-state index is 0.161. The van der Waals surface area contributed by atoms with Gasteiger partial charge in [-0.2, -0.15) is 0 Å². The van der Waals surface area contributed by atoms with Gasteiger partial charge in [-0.15, -0.1) is 11.3 Å². The van der Waals surface area contributed by atoms with Gasteiger partial charge in [-0.05, 0) is 23.6 Å². The van der Waals surface area contributed by atoms with E-state index in [0.717, 1.165) is 0 Å². The van der Waals surface area contributed by atoms with Crippen LogP contribution >= 0.6 is 22.9 Å². The van der Waals surface area contributed by atoms with Gasteiger partial charge < -0.3 is 9.47 Å². The summed E-state index contributed by atoms with van der Waals surface area (Å²) in [6.07, 6.45) is 0. The van der Waals surface area contributed by atoms with Gasteiger partial charge in [0.05, 0.1) is 29.7 Å². The minimum Gasteiger partial charge on any atom is -0.493 e. The SMILES string of the molecule is COc1cccc(C(=O)c2sccc2Cl)c1OC. The number of benzene rings is 1. The Morgan fingerprint density at radius 3 is 2.56 bits per heavy atom. The van der Waals surface area contributed by atoms with Crippen LogP contribution in [0.1, 0.15) is 15.2 Å². The van der Waals surface area contributed by atoms with Gasteiger partial charge in [0.25, 0.3) is 0 Å². The van der Waals surface area contributed by atoms with Crippen molar-refractivity contribution in [1.82, 2.24) is 0 Å². The number of methoxy groups -OCH3 is 2. The molecule has 0 bridgehead atoms. The number of carbonyl (C=O) groups excluding carboxylic acids is 1. The molecule has 0 spiro atoms. The molecule has 0 aliphatic rings. The molecular weight excluding hydrogens is 272 g/mol. The van der Waals surface area contributed by atoms with Crippen LogP contribution in [-0.2, 0) is 0 Å². The molecule has 0 saturated carbocycles. The predicted octanol–water partition coefficient (Wildman–Crippen LogP) is 3.65. The van der Waals surface area contributed by atoms with Crippen molar-refractivity contribution in [3.05, 3.63) is 45.1 Å². The van der Waals surface area contributed by atoms with Crippen molar-refractivity contribution in [2.75, 3.05) is 14.2 Å². The summed E-state index contributed by atoms with van der Waals surface area (Å²) in [5, 5.41) is 2.23. The molecule has 18 heavy (non-hydrogen) atoms. The van der Waals surface area contributed by atoms with Gasteiger partial charge in [0.2, 0.25) is 5.78 Å². The summed E-state index contributed by atoms with van der Waals surface area (Å²) in [4.78, 5) is 12.9. The molecule has 0 atom stereocenters. The van der Waals surface area contributed by atoms with Crippen molar-refractivity contribution in [1.29, 1.82) is 0 Å². The molecule has 0 fully saturated rings. The van der Waals surface area contributed by atoms with Crippen LogP contribution in [0.4, 0.5) is 0 Å². The van der Waals surface area contributed by atoms with E-state index in [1.807, 2.05) is 0 Å². The van der Waals surface area contributed by atoms with Gasteiger partial charge in [0, 0.05) is 0 Å². The molecule has 1 aromatic carbocycles. The van der Waals surface area contributed by atoms with Crippen LogP contribution in [-0.4, -0.2) is 20.0 Å². The van der Waals surface area contributed by atoms with Crippen molar-refractivity contribution >= 4 is 28.7 Å². The zero-order valence-electron chi connectivity index (χ0n) is 9.90. The highest BCUT2D eigenvalue weighted by Gasteiger charge is 2.20. The average Bonchev–Trinajstić information content (AvgIpc) is 2.83. The van der Waals surface area contributed by atoms with E-state index < -0.39 is 0 Å². The van der Waals surface area contributed by atoms with Gasteiger partial charge in [-0.25, -0.2) is 0 Å². The molecule has 2 rings (SSSR count). The van der Waals surface area contributed by atoms with E-state index in [0.29, 0.717) is 27.0 Å². The van der Waals surface area contributed by atoms with E-state index >= 15 is 0 Å². The van der Waals surface area contributed by atoms with Crippen LogP contribution < -0.4 is 9.47 Å². The third-order valence-corrected chi connectivity index (χ3v) is 3.81. The molecule has 0 amide bonds. The largest absolute Gasteiger partial charge is 0.493 e. The maximum Gasteiger partial charge on any atom is 0.208 e. The summed E-state index contributed by atoms with van der Waals surface area (Å²) in [7, 11) is 3.04. The fourth-order valence-electron chi connectivity index (χ4n) is 1.64. The van der Waals surface area contributed by atoms with Crippen LogP contribution in [0.25, 0.3) is 0 Å². The first-order valence-electron chi connectivity index (χ1n) is 5.17. The smallest absolute Gasteiger partial charge is 0.208 e. The zero-order chi connectivity index (χ0) is 13.1. The second kappa shape index (κ2) is 5.42. The average molecular weight is 283 g/mol. The molecule has 1 heterocycles. The summed E-state index contributed by atoms with van der Waals surface area (Å²) in [5.41, 5.74) is 0.446. The minimum atomic E-state index is -0.161. The Balaban J connectivity index is 2.52. The monoisotopic (exact) mass is 282 g/mol. The van der Waals surface area contributed by atoms with Crippen molar-refractivity contribution in [2.24, 2.45) is 0 Å². The summed E-state index contributed by atoms with van der Waals surface area (Å²) in [5.74, 6) is 0.788. The third kappa shape index (κ3) is 2.21. The van der Waals surface area contributed by atoms with Crippen LogP contribution in [0, 0.1) is 0 Å². The lowest BCUT2D eigenvalue weighted by Gasteiger charge is -2.11. The lowest BCUT2D eigenvalue weighted by molar-refractivity contribution is 0.103. The molecule has 0 aliphatic carbocycles. The summed E-state index contributed by atoms with van der Waals surface area (Å²) < 4.78 is 10.4. The van der Waals surface area contributed by atoms with Crippen LogP contribution in [0.2, 0.25) is 5.02 Å². The zero-order valence-corrected chi connectivity index (χ0v) is 11.5. The summed E-state index contributed by atoms with van der Waals surface area (Å²) in [6, 6.07) is 6.88. The number of carbonyl (C=O) groups is 1. The molecule has 3 nitrogen and oxygen atoms in total. The van der Waals surface area contributed by atoms with Crippen molar-refractivity contribution in [3.8, 4) is 11.5 Å². The van der Waals surface area contributed by atoms with Crippen molar-refractivity contribution < 1.29 is 14.3 Å². The standard InChI is InChI=1S/C13H11ClO3S/c1-16-10-5-3-4-8(12(10)17-2)11(15)13-9(14)6-7-18-13/h3-7H,1-2H3. The number of rotatable bonds is 4. The summed E-state index contributed by atoms with van der Waals surface area (Å²) in [6.45, 7) is 0. The first kappa shape index (κ1) is 12.9. The van der Waals surface area contributed by atoms with Crippen molar-refractivity contribution in [3.63, 3.8) is 0 Å². The van der Waals surface area contributed by atoms with Crippen LogP contribution in [0.5, 0.6) is 11.5 Å². The molecule has 0 N–H and O–H groups in total. The van der Waals surface area contributed by atoms with Crippen LogP contribution in [0.3, 0.4) is 0 Å². The highest BCUT2D eigenvalue weighted by atomic mass is 35.5. The molecule has 0 saturated heterocycles. The number of hydrogen-bond acceptors (Lipinski definition) is 4. The Kier molecular flexibility index (Phi) is 3.89. The number of halogens is 1. The number of ketones is 1. The van der Waals surface area contributed by atoms with E-state index in [1.165, 1.54) is 25.6 Å². The first-order valence-corrected chi connectivity index (χ1v) is 6.43. The van der Waals surface area contributed by atoms with Gasteiger partial charge in [-0.1, -0.05) is 17.7 Å². The molecule has 1 aromatic heterocycles. The quantitative estimate of drug-likeness (QED) is 0.803. The fraction of sp³-hybridized carbons (Fsp3) is 0.154. The molecule has 5 heteroatoms. The third-order valence-electron chi connectivity index (χ3n) is 2.47. The van der Waals surface area contributed by atoms with Gasteiger partial charge >= 0.3 is 0 Å². The van der Waals surface area contributed by atoms with E-state index in [4.69, 9.17) is 21.1 Å². The van der Waals surface area contributed by atoms with Gasteiger partial charge in [0.1, 0.15) is 0 Å². The number of thiophene rings is 1. The fourth-order valence-corrected chi connectivity index (χ4v) is 2.74. The summed E-state index contributed by atoms with van der Waals surface area (Å²) >= 11 is 7.28. The topological polar surface area (TPSA) is 35.5 Å². The number of ether oxygens (including phenoxy) is 2. The second-order valence-electron chi connectivity index (χ2n) is 3.47. The highest BCUT2D eigenvalue weighted by Crippen LogP contribution is 2.34. The number of hydrogen-bond donors (Lipinski definition) is 0. The molecule has 2 aromatic rings. The molecular formula is C13H11ClO3S. The van der Waals surface area contributed by atoms with Crippen LogP contribution in [0.15, 0.2) is 29.6 Å². The van der Waals surface area contributed by atoms with Gasteiger partial charge in [-0.3, -0.25) is 4.79 Å². The Bertz CT molecular complexity index is 577. The van der Waals surface area contributed by atoms with E-state index in [2.05, 4.69) is 0 Å². The first-order chi connectivity index (χ1) is 8.69. The normalized spacial score (nSPS) is 10.2. The highest BCUT2D eigenvalue weighted by molar-refractivity contribution is 7.13. The maximum absolute atomic E-state index is 12.4. The Hall–Kier alpha value is -1.52. The van der Waals surface area contributed by atoms with E-state index in [1.54, 1.807) is 29.6 Å². The Morgan fingerprint density at radius 2 is 2.00 bits per heavy atom. The van der Waals surface area contributed by atoms with E-state index in [9.17, 15) is 4.79 Å². The number of para-hydroxylation sites is 1.